The Kier molecular flexibility index (Phi) is 5.64. The normalized spacial score (nSPS) is 12.3. The van der Waals surface area contributed by atoms with Crippen LogP contribution in [0.4, 0.5) is 5.95 Å². The molecule has 0 aliphatic rings. The Morgan fingerprint density at radius 1 is 1.16 bits per heavy atom. The summed E-state index contributed by atoms with van der Waals surface area (Å²) in [6, 6.07) is 0. The molecule has 0 atom stereocenters. The number of sulfonamides is 1. The molecular weight excluding hydrogens is 266 g/mol. The second kappa shape index (κ2) is 6.78. The van der Waals surface area contributed by atoms with Crippen LogP contribution in [-0.4, -0.2) is 61.3 Å². The summed E-state index contributed by atoms with van der Waals surface area (Å²) in [4.78, 5) is 9.49. The first-order valence-electron chi connectivity index (χ1n) is 6.10. The molecule has 19 heavy (non-hydrogen) atoms. The van der Waals surface area contributed by atoms with Crippen molar-refractivity contribution in [1.82, 2.24) is 19.2 Å². The van der Waals surface area contributed by atoms with Crippen molar-refractivity contribution < 1.29 is 8.42 Å². The molecule has 0 saturated heterocycles. The van der Waals surface area contributed by atoms with Crippen molar-refractivity contribution in [3.8, 4) is 0 Å². The Labute approximate surface area is 114 Å². The van der Waals surface area contributed by atoms with Crippen molar-refractivity contribution in [3.05, 3.63) is 12.4 Å². The molecule has 0 saturated carbocycles. The third kappa shape index (κ3) is 4.41. The zero-order chi connectivity index (χ0) is 14.5. The van der Waals surface area contributed by atoms with Gasteiger partial charge < -0.3 is 10.6 Å². The van der Waals surface area contributed by atoms with E-state index in [9.17, 15) is 8.42 Å². The van der Waals surface area contributed by atoms with E-state index in [0.717, 1.165) is 6.42 Å². The minimum Gasteiger partial charge on any atom is -0.368 e. The van der Waals surface area contributed by atoms with Gasteiger partial charge in [0.05, 0.1) is 12.4 Å². The number of nitrogen functional groups attached to an aromatic ring is 1. The molecule has 1 rings (SSSR count). The first-order valence-corrected chi connectivity index (χ1v) is 7.54. The molecule has 0 radical (unpaired) electrons. The maximum absolute atomic E-state index is 12.4. The lowest BCUT2D eigenvalue weighted by molar-refractivity contribution is 0.333. The van der Waals surface area contributed by atoms with Gasteiger partial charge in [-0.2, -0.15) is 4.31 Å². The van der Waals surface area contributed by atoms with Crippen LogP contribution >= 0.6 is 0 Å². The summed E-state index contributed by atoms with van der Waals surface area (Å²) < 4.78 is 26.3. The van der Waals surface area contributed by atoms with Crippen LogP contribution in [0.5, 0.6) is 0 Å². The van der Waals surface area contributed by atoms with Crippen LogP contribution in [0.1, 0.15) is 13.3 Å². The highest BCUT2D eigenvalue weighted by Crippen LogP contribution is 2.14. The lowest BCUT2D eigenvalue weighted by Gasteiger charge is -2.23. The smallest absolute Gasteiger partial charge is 0.246 e. The first-order chi connectivity index (χ1) is 8.87. The fourth-order valence-corrected chi connectivity index (χ4v) is 2.94. The topological polar surface area (TPSA) is 92.4 Å². The number of hydrogen-bond acceptors (Lipinski definition) is 6. The van der Waals surface area contributed by atoms with E-state index in [1.165, 1.54) is 16.7 Å². The molecule has 0 spiro atoms. The second-order valence-corrected chi connectivity index (χ2v) is 6.42. The van der Waals surface area contributed by atoms with Crippen LogP contribution in [-0.2, 0) is 10.0 Å². The molecule has 0 bridgehead atoms. The van der Waals surface area contributed by atoms with Crippen LogP contribution in [0, 0.1) is 0 Å². The molecule has 0 aliphatic heterocycles. The van der Waals surface area contributed by atoms with E-state index in [2.05, 4.69) is 9.97 Å². The van der Waals surface area contributed by atoms with Crippen LogP contribution in [0.3, 0.4) is 0 Å². The number of aromatic nitrogens is 2. The molecular formula is C11H21N5O2S. The van der Waals surface area contributed by atoms with E-state index in [-0.39, 0.29) is 10.8 Å². The minimum absolute atomic E-state index is 0.0642. The van der Waals surface area contributed by atoms with Gasteiger partial charge in [-0.25, -0.2) is 18.4 Å². The average Bonchev–Trinajstić information content (AvgIpc) is 2.34. The summed E-state index contributed by atoms with van der Waals surface area (Å²) >= 11 is 0. The molecule has 0 aromatic carbocycles. The SMILES string of the molecule is CCCN(CCN(C)C)S(=O)(=O)c1cnc(N)nc1. The molecule has 0 fully saturated rings. The molecule has 8 heteroatoms. The van der Waals surface area contributed by atoms with Crippen molar-refractivity contribution in [2.45, 2.75) is 18.2 Å². The van der Waals surface area contributed by atoms with Crippen LogP contribution in [0.2, 0.25) is 0 Å². The second-order valence-electron chi connectivity index (χ2n) is 4.48. The Bertz CT molecular complexity index is 486. The molecule has 108 valence electrons. The van der Waals surface area contributed by atoms with Crippen LogP contribution in [0.15, 0.2) is 17.3 Å². The standard InChI is InChI=1S/C11H21N5O2S/c1-4-5-16(7-6-15(2)3)19(17,18)10-8-13-11(12)14-9-10/h8-9H,4-7H2,1-3H3,(H2,12,13,14). The molecule has 1 aromatic rings. The fourth-order valence-electron chi connectivity index (χ4n) is 1.52. The Balaban J connectivity index is 2.95. The molecule has 1 heterocycles. The lowest BCUT2D eigenvalue weighted by atomic mass is 10.4. The summed E-state index contributed by atoms with van der Waals surface area (Å²) in [5, 5.41) is 0. The van der Waals surface area contributed by atoms with Crippen molar-refractivity contribution in [2.75, 3.05) is 39.5 Å². The van der Waals surface area contributed by atoms with Crippen molar-refractivity contribution >= 4 is 16.0 Å². The number of anilines is 1. The summed E-state index contributed by atoms with van der Waals surface area (Å²) in [6.07, 6.45) is 3.24. The van der Waals surface area contributed by atoms with Gasteiger partial charge in [0.2, 0.25) is 16.0 Å². The van der Waals surface area contributed by atoms with Gasteiger partial charge >= 0.3 is 0 Å². The summed E-state index contributed by atoms with van der Waals surface area (Å²) in [5.41, 5.74) is 5.37. The molecule has 2 N–H and O–H groups in total. The van der Waals surface area contributed by atoms with E-state index in [1.807, 2.05) is 25.9 Å². The van der Waals surface area contributed by atoms with E-state index in [1.54, 1.807) is 0 Å². The summed E-state index contributed by atoms with van der Waals surface area (Å²) in [5.74, 6) is 0.0642. The highest BCUT2D eigenvalue weighted by molar-refractivity contribution is 7.89. The predicted octanol–water partition coefficient (Wildman–Crippen LogP) is 0.0211. The van der Waals surface area contributed by atoms with Gasteiger partial charge in [0.25, 0.3) is 0 Å². The monoisotopic (exact) mass is 287 g/mol. The van der Waals surface area contributed by atoms with Gasteiger partial charge in [0.1, 0.15) is 4.90 Å². The summed E-state index contributed by atoms with van der Waals surface area (Å²) in [6.45, 7) is 3.51. The Hall–Kier alpha value is -1.25. The van der Waals surface area contributed by atoms with Gasteiger partial charge in [-0.1, -0.05) is 6.92 Å². The highest BCUT2D eigenvalue weighted by atomic mass is 32.2. The van der Waals surface area contributed by atoms with E-state index < -0.39 is 10.0 Å². The first kappa shape index (κ1) is 15.8. The summed E-state index contributed by atoms with van der Waals surface area (Å²) in [7, 11) is 0.262. The molecule has 0 unspecified atom stereocenters. The quantitative estimate of drug-likeness (QED) is 0.760. The van der Waals surface area contributed by atoms with E-state index >= 15 is 0 Å². The Morgan fingerprint density at radius 2 is 1.74 bits per heavy atom. The minimum atomic E-state index is -3.55. The largest absolute Gasteiger partial charge is 0.368 e. The molecule has 1 aromatic heterocycles. The zero-order valence-electron chi connectivity index (χ0n) is 11.6. The third-order valence-corrected chi connectivity index (χ3v) is 4.41. The lowest BCUT2D eigenvalue weighted by Crippen LogP contribution is -2.37. The molecule has 0 amide bonds. The van der Waals surface area contributed by atoms with Crippen LogP contribution < -0.4 is 5.73 Å². The third-order valence-electron chi connectivity index (χ3n) is 2.56. The number of rotatable bonds is 7. The molecule has 0 aliphatic carbocycles. The van der Waals surface area contributed by atoms with Crippen molar-refractivity contribution in [3.63, 3.8) is 0 Å². The number of likely N-dealkylation sites (N-methyl/N-ethyl adjacent to an activating group) is 1. The van der Waals surface area contributed by atoms with Gasteiger partial charge in [-0.3, -0.25) is 0 Å². The van der Waals surface area contributed by atoms with Crippen molar-refractivity contribution in [2.24, 2.45) is 0 Å². The Morgan fingerprint density at radius 3 is 2.21 bits per heavy atom. The van der Waals surface area contributed by atoms with Gasteiger partial charge in [0, 0.05) is 19.6 Å². The van der Waals surface area contributed by atoms with Crippen molar-refractivity contribution in [1.29, 1.82) is 0 Å². The average molecular weight is 287 g/mol. The maximum Gasteiger partial charge on any atom is 0.246 e. The maximum atomic E-state index is 12.4. The highest BCUT2D eigenvalue weighted by Gasteiger charge is 2.24. The number of nitrogens with zero attached hydrogens (tertiary/aromatic N) is 4. The predicted molar refractivity (Wildman–Crippen MR) is 74.0 cm³/mol. The number of hydrogen-bond donors (Lipinski definition) is 1. The number of nitrogens with two attached hydrogens (primary N) is 1. The molecule has 7 nitrogen and oxygen atoms in total. The van der Waals surface area contributed by atoms with Crippen LogP contribution in [0.25, 0.3) is 0 Å². The van der Waals surface area contributed by atoms with Gasteiger partial charge in [-0.05, 0) is 20.5 Å². The van der Waals surface area contributed by atoms with Gasteiger partial charge in [-0.15, -0.1) is 0 Å². The zero-order valence-corrected chi connectivity index (χ0v) is 12.4. The van der Waals surface area contributed by atoms with Gasteiger partial charge in [0.15, 0.2) is 0 Å². The van der Waals surface area contributed by atoms with E-state index in [0.29, 0.717) is 19.6 Å². The fraction of sp³-hybridized carbons (Fsp3) is 0.636. The van der Waals surface area contributed by atoms with E-state index in [4.69, 9.17) is 5.73 Å².